The topological polar surface area (TPSA) is 44.4 Å². The third kappa shape index (κ3) is 4.39. The number of nitrogens with one attached hydrogen (secondary N) is 2. The van der Waals surface area contributed by atoms with E-state index in [2.05, 4.69) is 22.1 Å². The van der Waals surface area contributed by atoms with E-state index in [1.165, 1.54) is 6.20 Å². The number of rotatable bonds is 5. The highest BCUT2D eigenvalue weighted by atomic mass is 19.1. The minimum Gasteiger partial charge on any atom is -0.382 e. The van der Waals surface area contributed by atoms with Crippen LogP contribution in [0.1, 0.15) is 27.2 Å². The maximum absolute atomic E-state index is 12.2. The van der Waals surface area contributed by atoms with Crippen LogP contribution in [-0.2, 0) is 0 Å². The van der Waals surface area contributed by atoms with Gasteiger partial charge in [-0.05, 0) is 19.3 Å². The highest BCUT2D eigenvalue weighted by Gasteiger charge is 2.22. The second kappa shape index (κ2) is 6.42. The van der Waals surface area contributed by atoms with Crippen molar-refractivity contribution in [1.29, 1.82) is 0 Å². The molecule has 1 fully saturated rings. The molecule has 4 nitrogen and oxygen atoms in total. The van der Waals surface area contributed by atoms with Crippen molar-refractivity contribution in [3.05, 3.63) is 24.2 Å². The molecule has 1 aliphatic heterocycles. The summed E-state index contributed by atoms with van der Waals surface area (Å²) in [6.45, 7) is 11.8. The largest absolute Gasteiger partial charge is 0.401 e. The van der Waals surface area contributed by atoms with E-state index in [1.807, 2.05) is 20.8 Å². The van der Waals surface area contributed by atoms with Gasteiger partial charge in [0.1, 0.15) is 0 Å². The van der Waals surface area contributed by atoms with Gasteiger partial charge in [-0.25, -0.2) is 4.79 Å². The van der Waals surface area contributed by atoms with Crippen LogP contribution in [0.2, 0.25) is 0 Å². The van der Waals surface area contributed by atoms with E-state index in [1.54, 1.807) is 0 Å². The molecule has 0 aromatic carbocycles. The minimum atomic E-state index is -1.54. The fraction of sp³-hybridized carbons (Fsp3) is 0.615. The molecule has 0 spiro atoms. The zero-order chi connectivity index (χ0) is 13.7. The van der Waals surface area contributed by atoms with Gasteiger partial charge in [0.2, 0.25) is 0 Å². The number of nitrogens with zero attached hydrogens (tertiary/aromatic N) is 1. The van der Waals surface area contributed by atoms with Gasteiger partial charge in [0.15, 0.2) is 0 Å². The summed E-state index contributed by atoms with van der Waals surface area (Å²) < 4.78 is 12.2. The van der Waals surface area contributed by atoms with Crippen LogP contribution in [0.5, 0.6) is 0 Å². The summed E-state index contributed by atoms with van der Waals surface area (Å²) in [7, 11) is 0. The van der Waals surface area contributed by atoms with E-state index in [-0.39, 0.29) is 5.92 Å². The van der Waals surface area contributed by atoms with Gasteiger partial charge >= 0.3 is 6.16 Å². The molecule has 1 aliphatic rings. The molecule has 1 rings (SSSR count). The van der Waals surface area contributed by atoms with Crippen molar-refractivity contribution in [1.82, 2.24) is 15.5 Å². The van der Waals surface area contributed by atoms with E-state index < -0.39 is 6.16 Å². The van der Waals surface area contributed by atoms with E-state index in [0.29, 0.717) is 6.04 Å². The molecule has 1 saturated heterocycles. The number of carbonyl (C=O) groups excluding carboxylic acids is 1. The zero-order valence-corrected chi connectivity index (χ0v) is 11.3. The first-order valence-corrected chi connectivity index (χ1v) is 6.23. The maximum Gasteiger partial charge on any atom is 0.401 e. The van der Waals surface area contributed by atoms with Crippen LogP contribution >= 0.6 is 0 Å². The van der Waals surface area contributed by atoms with Crippen molar-refractivity contribution < 1.29 is 9.18 Å². The van der Waals surface area contributed by atoms with Gasteiger partial charge < -0.3 is 15.5 Å². The van der Waals surface area contributed by atoms with Crippen LogP contribution in [0.3, 0.4) is 0 Å². The summed E-state index contributed by atoms with van der Waals surface area (Å²) in [5.41, 5.74) is 1.90. The molecular weight excluding hydrogens is 233 g/mol. The van der Waals surface area contributed by atoms with Crippen LogP contribution in [0, 0.1) is 5.92 Å². The Morgan fingerprint density at radius 1 is 1.56 bits per heavy atom. The number of halogens is 1. The lowest BCUT2D eigenvalue weighted by molar-refractivity contribution is 0.225. The second-order valence-electron chi connectivity index (χ2n) is 4.98. The number of hydrogen-bond acceptors (Lipinski definition) is 3. The Kier molecular flexibility index (Phi) is 5.19. The van der Waals surface area contributed by atoms with Crippen LogP contribution < -0.4 is 10.6 Å². The number of likely N-dealkylation sites (tertiary alicyclic amines) is 1. The molecule has 1 atom stereocenters. The van der Waals surface area contributed by atoms with Crippen molar-refractivity contribution in [2.75, 3.05) is 13.1 Å². The van der Waals surface area contributed by atoms with Gasteiger partial charge in [-0.1, -0.05) is 20.4 Å². The molecule has 1 heterocycles. The second-order valence-corrected chi connectivity index (χ2v) is 4.98. The van der Waals surface area contributed by atoms with Gasteiger partial charge in [-0.2, -0.15) is 0 Å². The van der Waals surface area contributed by atoms with E-state index in [4.69, 9.17) is 0 Å². The van der Waals surface area contributed by atoms with Crippen LogP contribution in [-0.4, -0.2) is 30.2 Å². The predicted molar refractivity (Wildman–Crippen MR) is 70.5 cm³/mol. The summed E-state index contributed by atoms with van der Waals surface area (Å²) in [6.07, 6.45) is 0.890. The summed E-state index contributed by atoms with van der Waals surface area (Å²) in [5.74, 6) is 0.204. The summed E-state index contributed by atoms with van der Waals surface area (Å²) >= 11 is 0. The van der Waals surface area contributed by atoms with Crippen molar-refractivity contribution >= 4 is 6.16 Å². The number of hydrogen-bond donors (Lipinski definition) is 2. The van der Waals surface area contributed by atoms with Crippen LogP contribution in [0.15, 0.2) is 24.2 Å². The molecular formula is C13H22FN3O. The lowest BCUT2D eigenvalue weighted by Gasteiger charge is -2.21. The Morgan fingerprint density at radius 3 is 2.67 bits per heavy atom. The summed E-state index contributed by atoms with van der Waals surface area (Å²) in [4.78, 5) is 12.5. The Labute approximate surface area is 108 Å². The quantitative estimate of drug-likeness (QED) is 0.585. The summed E-state index contributed by atoms with van der Waals surface area (Å²) in [5, 5.41) is 5.43. The molecule has 18 heavy (non-hydrogen) atoms. The molecule has 0 saturated carbocycles. The van der Waals surface area contributed by atoms with E-state index in [9.17, 15) is 9.18 Å². The molecule has 102 valence electrons. The average molecular weight is 255 g/mol. The summed E-state index contributed by atoms with van der Waals surface area (Å²) in [6, 6.07) is 0.312. The number of carbonyl (C=O) groups is 1. The van der Waals surface area contributed by atoms with Crippen molar-refractivity contribution in [2.24, 2.45) is 5.92 Å². The normalized spacial score (nSPS) is 20.2. The number of amides is 1. The minimum absolute atomic E-state index is 0.204. The molecule has 0 aromatic rings. The van der Waals surface area contributed by atoms with Gasteiger partial charge in [-0.3, -0.25) is 0 Å². The Bertz CT molecular complexity index is 352. The lowest BCUT2D eigenvalue weighted by Crippen LogP contribution is -2.34. The van der Waals surface area contributed by atoms with Crippen molar-refractivity contribution in [2.45, 2.75) is 33.2 Å². The predicted octanol–water partition coefficient (Wildman–Crippen LogP) is 2.36. The molecule has 0 radical (unpaired) electrons. The van der Waals surface area contributed by atoms with Gasteiger partial charge in [0.05, 0.1) is 0 Å². The van der Waals surface area contributed by atoms with Crippen LogP contribution in [0.4, 0.5) is 9.18 Å². The first kappa shape index (κ1) is 14.5. The highest BCUT2D eigenvalue weighted by molar-refractivity contribution is 5.66. The Morgan fingerprint density at radius 2 is 2.22 bits per heavy atom. The third-order valence-electron chi connectivity index (χ3n) is 3.06. The molecule has 1 amide bonds. The van der Waals surface area contributed by atoms with Gasteiger partial charge in [-0.15, -0.1) is 4.39 Å². The molecule has 1 unspecified atom stereocenters. The van der Waals surface area contributed by atoms with Crippen molar-refractivity contribution in [3.8, 4) is 0 Å². The molecule has 5 heteroatoms. The first-order valence-electron chi connectivity index (χ1n) is 6.23. The zero-order valence-electron chi connectivity index (χ0n) is 11.3. The van der Waals surface area contributed by atoms with Crippen LogP contribution in [0.25, 0.3) is 0 Å². The lowest BCUT2D eigenvalue weighted by atomic mass is 10.1. The molecule has 2 N–H and O–H groups in total. The van der Waals surface area contributed by atoms with Gasteiger partial charge in [0.25, 0.3) is 0 Å². The SMILES string of the molecule is C=C(C)N1CCC(N/C(=C\NC(=O)F)C(C)C)C1. The fourth-order valence-electron chi connectivity index (χ4n) is 1.97. The molecule has 0 bridgehead atoms. The smallest absolute Gasteiger partial charge is 0.382 e. The van der Waals surface area contributed by atoms with Gasteiger partial charge in [0, 0.05) is 36.7 Å². The maximum atomic E-state index is 12.2. The first-order chi connectivity index (χ1) is 8.40. The standard InChI is InChI=1S/C13H22FN3O/c1-9(2)12(7-15-13(14)18)16-11-5-6-17(8-11)10(3)4/h7,9,11,16H,3,5-6,8H2,1-2,4H3,(H,15,18)/b12-7-. The highest BCUT2D eigenvalue weighted by Crippen LogP contribution is 2.16. The Balaban J connectivity index is 2.55. The average Bonchev–Trinajstić information content (AvgIpc) is 2.71. The molecule has 0 aliphatic carbocycles. The van der Waals surface area contributed by atoms with E-state index >= 15 is 0 Å². The monoisotopic (exact) mass is 255 g/mol. The number of allylic oxidation sites excluding steroid dienone is 2. The van der Waals surface area contributed by atoms with E-state index in [0.717, 1.165) is 30.9 Å². The Hall–Kier alpha value is -1.52. The van der Waals surface area contributed by atoms with Crippen molar-refractivity contribution in [3.63, 3.8) is 0 Å². The third-order valence-corrected chi connectivity index (χ3v) is 3.06. The fourth-order valence-corrected chi connectivity index (χ4v) is 1.97. The molecule has 0 aromatic heterocycles.